The SMILES string of the molecule is Cl.NCCOCC#Cc1cccc2c1C(=O)N(C1CCC(=O)NC1=O)C2=O. The second-order valence-electron chi connectivity index (χ2n) is 5.82. The van der Waals surface area contributed by atoms with Crippen molar-refractivity contribution in [2.24, 2.45) is 5.73 Å². The minimum Gasteiger partial charge on any atom is -0.367 e. The van der Waals surface area contributed by atoms with Gasteiger partial charge in [-0.3, -0.25) is 29.4 Å². The van der Waals surface area contributed by atoms with Crippen molar-refractivity contribution in [1.82, 2.24) is 10.2 Å². The second kappa shape index (κ2) is 8.77. The van der Waals surface area contributed by atoms with Crippen LogP contribution in [0.2, 0.25) is 0 Å². The second-order valence-corrected chi connectivity index (χ2v) is 5.82. The van der Waals surface area contributed by atoms with Crippen molar-refractivity contribution in [2.75, 3.05) is 19.8 Å². The smallest absolute Gasteiger partial charge is 0.263 e. The number of imide groups is 2. The van der Waals surface area contributed by atoms with Gasteiger partial charge in [-0.15, -0.1) is 12.4 Å². The van der Waals surface area contributed by atoms with Crippen LogP contribution < -0.4 is 11.1 Å². The Morgan fingerprint density at radius 3 is 2.70 bits per heavy atom. The first kappa shape index (κ1) is 20.6. The molecule has 1 aromatic carbocycles. The number of piperidine rings is 1. The lowest BCUT2D eigenvalue weighted by Gasteiger charge is -2.27. The summed E-state index contributed by atoms with van der Waals surface area (Å²) in [5.74, 6) is 3.42. The first-order valence-corrected chi connectivity index (χ1v) is 8.16. The summed E-state index contributed by atoms with van der Waals surface area (Å²) in [6, 6.07) is 3.79. The Balaban J connectivity index is 0.00000261. The number of carbonyl (C=O) groups excluding carboxylic acids is 4. The van der Waals surface area contributed by atoms with Crippen LogP contribution in [-0.2, 0) is 14.3 Å². The molecule has 1 unspecified atom stereocenters. The molecule has 9 heteroatoms. The van der Waals surface area contributed by atoms with Crippen molar-refractivity contribution >= 4 is 36.0 Å². The number of ether oxygens (including phenoxy) is 1. The molecule has 1 saturated heterocycles. The van der Waals surface area contributed by atoms with E-state index in [9.17, 15) is 19.2 Å². The molecule has 2 aliphatic heterocycles. The number of hydrogen-bond acceptors (Lipinski definition) is 6. The van der Waals surface area contributed by atoms with Gasteiger partial charge in [0.25, 0.3) is 11.8 Å². The molecule has 2 heterocycles. The Kier molecular flexibility index (Phi) is 6.69. The van der Waals surface area contributed by atoms with Crippen LogP contribution >= 0.6 is 12.4 Å². The third-order valence-electron chi connectivity index (χ3n) is 4.13. The van der Waals surface area contributed by atoms with Gasteiger partial charge < -0.3 is 10.5 Å². The highest BCUT2D eigenvalue weighted by molar-refractivity contribution is 6.24. The van der Waals surface area contributed by atoms with Crippen LogP contribution in [0.15, 0.2) is 18.2 Å². The topological polar surface area (TPSA) is 119 Å². The predicted molar refractivity (Wildman–Crippen MR) is 97.1 cm³/mol. The van der Waals surface area contributed by atoms with Crippen LogP contribution in [0.25, 0.3) is 0 Å². The van der Waals surface area contributed by atoms with Crippen molar-refractivity contribution in [3.63, 3.8) is 0 Å². The lowest BCUT2D eigenvalue weighted by atomic mass is 10.0. The third-order valence-corrected chi connectivity index (χ3v) is 4.13. The number of carbonyl (C=O) groups is 4. The molecule has 0 saturated carbocycles. The fourth-order valence-corrected chi connectivity index (χ4v) is 2.96. The van der Waals surface area contributed by atoms with Crippen LogP contribution in [0.1, 0.15) is 39.1 Å². The summed E-state index contributed by atoms with van der Waals surface area (Å²) in [5.41, 5.74) is 6.09. The summed E-state index contributed by atoms with van der Waals surface area (Å²) in [6.07, 6.45) is 0.193. The number of benzene rings is 1. The van der Waals surface area contributed by atoms with E-state index in [-0.39, 0.29) is 43.0 Å². The largest absolute Gasteiger partial charge is 0.367 e. The van der Waals surface area contributed by atoms with Gasteiger partial charge >= 0.3 is 0 Å². The summed E-state index contributed by atoms with van der Waals surface area (Å²) in [4.78, 5) is 49.8. The molecule has 8 nitrogen and oxygen atoms in total. The average Bonchev–Trinajstić information content (AvgIpc) is 2.87. The lowest BCUT2D eigenvalue weighted by molar-refractivity contribution is -0.136. The van der Waals surface area contributed by atoms with Crippen LogP contribution in [0.4, 0.5) is 0 Å². The Morgan fingerprint density at radius 2 is 2.00 bits per heavy atom. The Morgan fingerprint density at radius 1 is 1.22 bits per heavy atom. The molecular weight excluding hydrogens is 374 g/mol. The van der Waals surface area contributed by atoms with Gasteiger partial charge in [-0.25, -0.2) is 0 Å². The van der Waals surface area contributed by atoms with Crippen molar-refractivity contribution < 1.29 is 23.9 Å². The van der Waals surface area contributed by atoms with E-state index in [1.165, 1.54) is 6.07 Å². The Bertz CT molecular complexity index is 858. The number of amides is 4. The number of rotatable bonds is 4. The Hall–Kier alpha value is -2.73. The fraction of sp³-hybridized carbons (Fsp3) is 0.333. The van der Waals surface area contributed by atoms with E-state index in [0.717, 1.165) is 4.90 Å². The molecule has 1 fully saturated rings. The van der Waals surface area contributed by atoms with E-state index in [1.54, 1.807) is 12.1 Å². The molecule has 0 aromatic heterocycles. The molecule has 0 aliphatic carbocycles. The molecule has 27 heavy (non-hydrogen) atoms. The molecule has 0 radical (unpaired) electrons. The number of nitrogens with one attached hydrogen (secondary N) is 1. The minimum atomic E-state index is -0.992. The van der Waals surface area contributed by atoms with Crippen molar-refractivity contribution in [3.8, 4) is 11.8 Å². The molecule has 3 rings (SSSR count). The zero-order valence-corrected chi connectivity index (χ0v) is 15.1. The normalized spacial score (nSPS) is 18.4. The van der Waals surface area contributed by atoms with Gasteiger partial charge in [-0.1, -0.05) is 17.9 Å². The van der Waals surface area contributed by atoms with E-state index in [0.29, 0.717) is 18.7 Å². The maximum absolute atomic E-state index is 12.8. The van der Waals surface area contributed by atoms with Gasteiger partial charge in [-0.2, -0.15) is 0 Å². The quantitative estimate of drug-likeness (QED) is 0.418. The summed E-state index contributed by atoms with van der Waals surface area (Å²) in [6.45, 7) is 0.915. The average molecular weight is 392 g/mol. The highest BCUT2D eigenvalue weighted by Crippen LogP contribution is 2.29. The van der Waals surface area contributed by atoms with E-state index >= 15 is 0 Å². The highest BCUT2D eigenvalue weighted by Gasteiger charge is 2.45. The van der Waals surface area contributed by atoms with Gasteiger partial charge in [0.15, 0.2) is 0 Å². The summed E-state index contributed by atoms with van der Waals surface area (Å²) < 4.78 is 5.17. The Labute approximate surface area is 161 Å². The molecule has 4 amide bonds. The summed E-state index contributed by atoms with van der Waals surface area (Å²) in [7, 11) is 0. The number of halogens is 1. The molecule has 0 spiro atoms. The monoisotopic (exact) mass is 391 g/mol. The third kappa shape index (κ3) is 4.01. The van der Waals surface area contributed by atoms with Gasteiger partial charge in [0.05, 0.1) is 17.7 Å². The zero-order valence-electron chi connectivity index (χ0n) is 14.3. The fourth-order valence-electron chi connectivity index (χ4n) is 2.96. The molecule has 1 aromatic rings. The molecule has 3 N–H and O–H groups in total. The number of nitrogens with zero attached hydrogens (tertiary/aromatic N) is 1. The molecule has 142 valence electrons. The van der Waals surface area contributed by atoms with Gasteiger partial charge in [0.2, 0.25) is 11.8 Å². The maximum atomic E-state index is 12.8. The van der Waals surface area contributed by atoms with Crippen LogP contribution in [0.3, 0.4) is 0 Å². The van der Waals surface area contributed by atoms with E-state index < -0.39 is 29.7 Å². The van der Waals surface area contributed by atoms with Crippen LogP contribution in [0, 0.1) is 11.8 Å². The van der Waals surface area contributed by atoms with E-state index in [1.807, 2.05) is 0 Å². The van der Waals surface area contributed by atoms with Crippen LogP contribution in [0.5, 0.6) is 0 Å². The van der Waals surface area contributed by atoms with Crippen molar-refractivity contribution in [3.05, 3.63) is 34.9 Å². The van der Waals surface area contributed by atoms with Gasteiger partial charge in [0.1, 0.15) is 12.6 Å². The first-order chi connectivity index (χ1) is 12.5. The van der Waals surface area contributed by atoms with E-state index in [4.69, 9.17) is 10.5 Å². The molecule has 2 aliphatic rings. The predicted octanol–water partition coefficient (Wildman–Crippen LogP) is -0.164. The summed E-state index contributed by atoms with van der Waals surface area (Å²) >= 11 is 0. The molecule has 0 bridgehead atoms. The highest BCUT2D eigenvalue weighted by atomic mass is 35.5. The zero-order chi connectivity index (χ0) is 18.7. The van der Waals surface area contributed by atoms with E-state index in [2.05, 4.69) is 17.2 Å². The number of fused-ring (bicyclic) bond motifs is 1. The summed E-state index contributed by atoms with van der Waals surface area (Å²) in [5, 5.41) is 2.16. The van der Waals surface area contributed by atoms with Gasteiger partial charge in [-0.05, 0) is 18.6 Å². The number of nitrogens with two attached hydrogens (primary N) is 1. The van der Waals surface area contributed by atoms with Gasteiger partial charge in [0, 0.05) is 18.5 Å². The maximum Gasteiger partial charge on any atom is 0.263 e. The standard InChI is InChI=1S/C18H17N3O5.ClH/c19-8-10-26-9-2-4-11-3-1-5-12-15(11)18(25)21(17(12)24)13-6-7-14(22)20-16(13)23;/h1,3,5,13H,6-10,19H2,(H,20,22,23);1H. The molecule has 1 atom stereocenters. The van der Waals surface area contributed by atoms with Crippen LogP contribution in [-0.4, -0.2) is 54.3 Å². The lowest BCUT2D eigenvalue weighted by Crippen LogP contribution is -2.54. The molecular formula is C18H18ClN3O5. The van der Waals surface area contributed by atoms with Crippen molar-refractivity contribution in [1.29, 1.82) is 0 Å². The minimum absolute atomic E-state index is 0. The van der Waals surface area contributed by atoms with Crippen molar-refractivity contribution in [2.45, 2.75) is 18.9 Å². The first-order valence-electron chi connectivity index (χ1n) is 8.16. The number of hydrogen-bond donors (Lipinski definition) is 2.